The van der Waals surface area contributed by atoms with Gasteiger partial charge in [-0.2, -0.15) is 4.99 Å². The van der Waals surface area contributed by atoms with Crippen LogP contribution in [0.15, 0.2) is 27.7 Å². The van der Waals surface area contributed by atoms with Crippen LogP contribution in [0.2, 0.25) is 0 Å². The normalized spacial score (nSPS) is 11.9. The van der Waals surface area contributed by atoms with Crippen LogP contribution in [0.3, 0.4) is 0 Å². The molecule has 0 aliphatic rings. The van der Waals surface area contributed by atoms with Crippen LogP contribution in [-0.4, -0.2) is 6.08 Å². The van der Waals surface area contributed by atoms with Crippen LogP contribution >= 0.6 is 15.9 Å². The smallest absolute Gasteiger partial charge is 0.211 e. The number of hydrogen-bond donors (Lipinski definition) is 0. The quantitative estimate of drug-likeness (QED) is 0.576. The third-order valence-corrected chi connectivity index (χ3v) is 2.80. The number of aryl methyl sites for hydroxylation is 1. The maximum absolute atomic E-state index is 10.0. The second-order valence-corrected chi connectivity index (χ2v) is 3.76. The molecule has 2 nitrogen and oxygen atoms in total. The van der Waals surface area contributed by atoms with Gasteiger partial charge < -0.3 is 0 Å². The monoisotopic (exact) mass is 239 g/mol. The Kier molecular flexibility index (Phi) is 3.40. The van der Waals surface area contributed by atoms with Crippen molar-refractivity contribution >= 4 is 22.0 Å². The fourth-order valence-corrected chi connectivity index (χ4v) is 1.33. The van der Waals surface area contributed by atoms with Gasteiger partial charge in [0.15, 0.2) is 0 Å². The number of hydrogen-bond acceptors (Lipinski definition) is 2. The lowest BCUT2D eigenvalue weighted by molar-refractivity contribution is 0.559. The molecule has 0 heterocycles. The average Bonchev–Trinajstić information content (AvgIpc) is 2.10. The minimum Gasteiger partial charge on any atom is -0.211 e. The van der Waals surface area contributed by atoms with Gasteiger partial charge in [0.05, 0.1) is 6.04 Å². The van der Waals surface area contributed by atoms with Crippen LogP contribution in [0.4, 0.5) is 0 Å². The van der Waals surface area contributed by atoms with Gasteiger partial charge in [-0.1, -0.05) is 28.1 Å². The summed E-state index contributed by atoms with van der Waals surface area (Å²) in [5.41, 5.74) is 2.18. The first kappa shape index (κ1) is 10.2. The van der Waals surface area contributed by atoms with Crippen LogP contribution in [0, 0.1) is 6.92 Å². The Hall–Kier alpha value is -0.920. The summed E-state index contributed by atoms with van der Waals surface area (Å²) in [4.78, 5) is 13.7. The molecular weight excluding hydrogens is 230 g/mol. The van der Waals surface area contributed by atoms with E-state index < -0.39 is 0 Å². The minimum atomic E-state index is -0.107. The summed E-state index contributed by atoms with van der Waals surface area (Å²) in [7, 11) is 0. The molecule has 1 atom stereocenters. The second kappa shape index (κ2) is 4.35. The molecular formula is C10H10BrNO. The molecule has 0 fully saturated rings. The van der Waals surface area contributed by atoms with Gasteiger partial charge in [0.25, 0.3) is 0 Å². The van der Waals surface area contributed by atoms with E-state index in [4.69, 9.17) is 0 Å². The Labute approximate surface area is 85.8 Å². The lowest BCUT2D eigenvalue weighted by Crippen LogP contribution is -1.90. The van der Waals surface area contributed by atoms with Crippen molar-refractivity contribution in [3.63, 3.8) is 0 Å². The van der Waals surface area contributed by atoms with Gasteiger partial charge >= 0.3 is 0 Å². The van der Waals surface area contributed by atoms with E-state index >= 15 is 0 Å². The summed E-state index contributed by atoms with van der Waals surface area (Å²) in [6.07, 6.45) is 1.56. The molecule has 0 N–H and O–H groups in total. The Morgan fingerprint density at radius 1 is 1.54 bits per heavy atom. The molecule has 0 aromatic heterocycles. The Bertz CT molecular complexity index is 356. The summed E-state index contributed by atoms with van der Waals surface area (Å²) >= 11 is 3.41. The van der Waals surface area contributed by atoms with Gasteiger partial charge in [-0.25, -0.2) is 4.79 Å². The molecule has 0 bridgehead atoms. The van der Waals surface area contributed by atoms with Gasteiger partial charge in [-0.15, -0.1) is 0 Å². The molecule has 0 radical (unpaired) electrons. The Morgan fingerprint density at radius 2 is 2.23 bits per heavy atom. The van der Waals surface area contributed by atoms with Crippen molar-refractivity contribution < 1.29 is 4.79 Å². The standard InChI is InChI=1S/C10H10BrNO/c1-7-5-9(3-4-10(7)11)8(2)12-6-13/h3-5,8H,1-2H3. The van der Waals surface area contributed by atoms with Crippen molar-refractivity contribution in [3.8, 4) is 0 Å². The molecule has 13 heavy (non-hydrogen) atoms. The fourth-order valence-electron chi connectivity index (χ4n) is 1.08. The molecule has 1 aromatic carbocycles. The highest BCUT2D eigenvalue weighted by atomic mass is 79.9. The first-order chi connectivity index (χ1) is 6.15. The predicted octanol–water partition coefficient (Wildman–Crippen LogP) is 3.15. The van der Waals surface area contributed by atoms with Gasteiger partial charge in [0, 0.05) is 4.47 Å². The number of aliphatic imine (C=N–C) groups is 1. The second-order valence-electron chi connectivity index (χ2n) is 2.90. The zero-order valence-corrected chi connectivity index (χ0v) is 9.13. The van der Waals surface area contributed by atoms with E-state index in [1.54, 1.807) is 6.08 Å². The fraction of sp³-hybridized carbons (Fsp3) is 0.300. The van der Waals surface area contributed by atoms with E-state index in [9.17, 15) is 4.79 Å². The van der Waals surface area contributed by atoms with Crippen LogP contribution < -0.4 is 0 Å². The molecule has 3 heteroatoms. The van der Waals surface area contributed by atoms with Crippen LogP contribution in [0.25, 0.3) is 0 Å². The van der Waals surface area contributed by atoms with Crippen molar-refractivity contribution in [1.82, 2.24) is 0 Å². The van der Waals surface area contributed by atoms with Crippen molar-refractivity contribution in [2.45, 2.75) is 19.9 Å². The first-order valence-corrected chi connectivity index (χ1v) is 4.77. The Balaban J connectivity index is 3.03. The van der Waals surface area contributed by atoms with Crippen LogP contribution in [0.1, 0.15) is 24.1 Å². The lowest BCUT2D eigenvalue weighted by Gasteiger charge is -2.06. The van der Waals surface area contributed by atoms with E-state index in [-0.39, 0.29) is 6.04 Å². The van der Waals surface area contributed by atoms with Crippen molar-refractivity contribution in [2.24, 2.45) is 4.99 Å². The zero-order valence-electron chi connectivity index (χ0n) is 7.54. The minimum absolute atomic E-state index is 0.107. The summed E-state index contributed by atoms with van der Waals surface area (Å²) in [6.45, 7) is 3.87. The van der Waals surface area contributed by atoms with Gasteiger partial charge in [0.1, 0.15) is 0 Å². The largest absolute Gasteiger partial charge is 0.235 e. The van der Waals surface area contributed by atoms with Crippen LogP contribution in [-0.2, 0) is 4.79 Å². The maximum Gasteiger partial charge on any atom is 0.235 e. The molecule has 0 aliphatic heterocycles. The molecule has 0 saturated heterocycles. The number of benzene rings is 1. The van der Waals surface area contributed by atoms with E-state index in [0.29, 0.717) is 0 Å². The van der Waals surface area contributed by atoms with Gasteiger partial charge in [0.2, 0.25) is 6.08 Å². The number of nitrogens with zero attached hydrogens (tertiary/aromatic N) is 1. The third-order valence-electron chi connectivity index (χ3n) is 1.91. The van der Waals surface area contributed by atoms with Crippen molar-refractivity contribution in [2.75, 3.05) is 0 Å². The maximum atomic E-state index is 10.0. The zero-order chi connectivity index (χ0) is 9.84. The predicted molar refractivity (Wildman–Crippen MR) is 55.4 cm³/mol. The molecule has 1 rings (SSSR count). The van der Waals surface area contributed by atoms with Crippen LogP contribution in [0.5, 0.6) is 0 Å². The Morgan fingerprint density at radius 3 is 2.77 bits per heavy atom. The number of rotatable bonds is 2. The summed E-state index contributed by atoms with van der Waals surface area (Å²) in [5, 5.41) is 0. The van der Waals surface area contributed by atoms with E-state index in [1.165, 1.54) is 0 Å². The molecule has 0 amide bonds. The average molecular weight is 240 g/mol. The number of halogens is 1. The third kappa shape index (κ3) is 2.51. The van der Waals surface area contributed by atoms with E-state index in [1.807, 2.05) is 32.0 Å². The van der Waals surface area contributed by atoms with E-state index in [2.05, 4.69) is 20.9 Å². The summed E-state index contributed by atoms with van der Waals surface area (Å²) in [5.74, 6) is 0. The van der Waals surface area contributed by atoms with Gasteiger partial charge in [-0.05, 0) is 31.0 Å². The molecule has 0 spiro atoms. The number of isocyanates is 1. The van der Waals surface area contributed by atoms with Gasteiger partial charge in [-0.3, -0.25) is 0 Å². The SMILES string of the molecule is Cc1cc(C(C)N=C=O)ccc1Br. The molecule has 1 aromatic rings. The summed E-state index contributed by atoms with van der Waals surface area (Å²) in [6, 6.07) is 5.81. The topological polar surface area (TPSA) is 29.4 Å². The highest BCUT2D eigenvalue weighted by Crippen LogP contribution is 2.22. The molecule has 0 saturated carbocycles. The highest BCUT2D eigenvalue weighted by Gasteiger charge is 2.04. The van der Waals surface area contributed by atoms with Crippen molar-refractivity contribution in [1.29, 1.82) is 0 Å². The molecule has 0 aliphatic carbocycles. The molecule has 1 unspecified atom stereocenters. The highest BCUT2D eigenvalue weighted by molar-refractivity contribution is 9.10. The van der Waals surface area contributed by atoms with E-state index in [0.717, 1.165) is 15.6 Å². The summed E-state index contributed by atoms with van der Waals surface area (Å²) < 4.78 is 1.07. The molecule has 68 valence electrons. The first-order valence-electron chi connectivity index (χ1n) is 3.98. The lowest BCUT2D eigenvalue weighted by atomic mass is 10.1. The van der Waals surface area contributed by atoms with Crippen molar-refractivity contribution in [3.05, 3.63) is 33.8 Å². The number of carbonyl (C=O) groups excluding carboxylic acids is 1.